The maximum Gasteiger partial charge on any atom is 0.179 e. The van der Waals surface area contributed by atoms with Crippen molar-refractivity contribution in [3.8, 4) is 0 Å². The number of fused-ring (bicyclic) bond motifs is 1. The molecule has 0 N–H and O–H groups in total. The minimum atomic E-state index is 0.173. The summed E-state index contributed by atoms with van der Waals surface area (Å²) in [6.07, 6.45) is 1.26. The average molecular weight is 307 g/mol. The van der Waals surface area contributed by atoms with Gasteiger partial charge >= 0.3 is 0 Å². The third-order valence-corrected chi connectivity index (χ3v) is 4.04. The Kier molecular flexibility index (Phi) is 4.89. The maximum atomic E-state index is 12.4. The van der Waals surface area contributed by atoms with E-state index in [0.717, 1.165) is 28.6 Å². The molecule has 3 heteroatoms. The van der Waals surface area contributed by atoms with Crippen molar-refractivity contribution in [2.45, 2.75) is 19.4 Å². The second-order valence-electron chi connectivity index (χ2n) is 5.71. The number of ketones is 1. The summed E-state index contributed by atoms with van der Waals surface area (Å²) >= 11 is 0. The number of aromatic nitrogens is 1. The highest BCUT2D eigenvalue weighted by Crippen LogP contribution is 2.19. The molecule has 3 nitrogen and oxygen atoms in total. The van der Waals surface area contributed by atoms with Crippen LogP contribution in [0, 0.1) is 0 Å². The molecule has 1 aromatic heterocycles. The molecule has 0 amide bonds. The number of carbonyl (C=O) groups is 1. The van der Waals surface area contributed by atoms with E-state index in [9.17, 15) is 4.79 Å². The van der Waals surface area contributed by atoms with Crippen molar-refractivity contribution < 1.29 is 9.53 Å². The van der Waals surface area contributed by atoms with Crippen molar-refractivity contribution in [1.29, 1.82) is 0 Å². The monoisotopic (exact) mass is 307 g/mol. The Morgan fingerprint density at radius 1 is 1.04 bits per heavy atom. The summed E-state index contributed by atoms with van der Waals surface area (Å²) in [5.41, 5.74) is 3.03. The van der Waals surface area contributed by atoms with Crippen molar-refractivity contribution in [2.24, 2.45) is 7.05 Å². The predicted octanol–water partition coefficient (Wildman–Crippen LogP) is 4.36. The molecule has 0 saturated heterocycles. The first-order valence-corrected chi connectivity index (χ1v) is 7.95. The lowest BCUT2D eigenvalue weighted by molar-refractivity contribution is 0.0912. The van der Waals surface area contributed by atoms with Gasteiger partial charge < -0.3 is 9.30 Å². The fourth-order valence-electron chi connectivity index (χ4n) is 2.78. The summed E-state index contributed by atoms with van der Waals surface area (Å²) in [4.78, 5) is 12.4. The molecule has 1 heterocycles. The van der Waals surface area contributed by atoms with Crippen LogP contribution in [0.3, 0.4) is 0 Å². The van der Waals surface area contributed by atoms with Gasteiger partial charge in [-0.25, -0.2) is 0 Å². The van der Waals surface area contributed by atoms with Crippen molar-refractivity contribution in [3.05, 3.63) is 71.9 Å². The molecule has 0 radical (unpaired) electrons. The number of hydrogen-bond acceptors (Lipinski definition) is 2. The predicted molar refractivity (Wildman–Crippen MR) is 92.6 cm³/mol. The summed E-state index contributed by atoms with van der Waals surface area (Å²) in [5.74, 6) is 0.173. The molecule has 0 bridgehead atoms. The Labute approximate surface area is 136 Å². The molecule has 0 saturated carbocycles. The quantitative estimate of drug-likeness (QED) is 0.480. The maximum absolute atomic E-state index is 12.4. The van der Waals surface area contributed by atoms with E-state index in [0.29, 0.717) is 19.6 Å². The normalized spacial score (nSPS) is 11.0. The van der Waals surface area contributed by atoms with Gasteiger partial charge in [-0.1, -0.05) is 48.5 Å². The number of para-hydroxylation sites is 1. The number of hydrogen-bond donors (Lipinski definition) is 0. The molecule has 0 fully saturated rings. The van der Waals surface area contributed by atoms with Crippen LogP contribution in [-0.4, -0.2) is 17.0 Å². The van der Waals surface area contributed by atoms with E-state index in [2.05, 4.69) is 0 Å². The number of nitrogens with zero attached hydrogens (tertiary/aromatic N) is 1. The Hall–Kier alpha value is -2.39. The number of Topliss-reactive ketones (excluding diaryl/α,β-unsaturated/α-hetero) is 1. The van der Waals surface area contributed by atoms with Crippen LogP contribution in [-0.2, 0) is 18.4 Å². The highest BCUT2D eigenvalue weighted by molar-refractivity contribution is 6.00. The van der Waals surface area contributed by atoms with Crippen LogP contribution in [0.4, 0.5) is 0 Å². The Morgan fingerprint density at radius 2 is 1.78 bits per heavy atom. The van der Waals surface area contributed by atoms with Gasteiger partial charge in [0.2, 0.25) is 0 Å². The molecule has 0 aliphatic carbocycles. The van der Waals surface area contributed by atoms with Gasteiger partial charge in [0.05, 0.1) is 12.3 Å². The lowest BCUT2D eigenvalue weighted by Crippen LogP contribution is -2.07. The van der Waals surface area contributed by atoms with Crippen molar-refractivity contribution in [2.75, 3.05) is 6.61 Å². The van der Waals surface area contributed by atoms with Crippen LogP contribution in [0.1, 0.15) is 28.9 Å². The van der Waals surface area contributed by atoms with Gasteiger partial charge in [0, 0.05) is 31.0 Å². The summed E-state index contributed by atoms with van der Waals surface area (Å²) in [6.45, 7) is 1.20. The van der Waals surface area contributed by atoms with E-state index < -0.39 is 0 Å². The lowest BCUT2D eigenvalue weighted by Gasteiger charge is -2.05. The largest absolute Gasteiger partial charge is 0.377 e. The number of ether oxygens (including phenoxy) is 1. The zero-order valence-corrected chi connectivity index (χ0v) is 13.4. The van der Waals surface area contributed by atoms with Crippen molar-refractivity contribution >= 4 is 16.7 Å². The molecule has 0 atom stereocenters. The third-order valence-electron chi connectivity index (χ3n) is 4.04. The highest BCUT2D eigenvalue weighted by Gasteiger charge is 2.12. The summed E-state index contributed by atoms with van der Waals surface area (Å²) in [5, 5.41) is 1.11. The molecular formula is C20H21NO2. The van der Waals surface area contributed by atoms with Crippen LogP contribution < -0.4 is 0 Å². The molecule has 23 heavy (non-hydrogen) atoms. The molecule has 2 aromatic carbocycles. The lowest BCUT2D eigenvalue weighted by atomic mass is 10.1. The molecule has 3 aromatic rings. The Bertz CT molecular complexity index is 790. The summed E-state index contributed by atoms with van der Waals surface area (Å²) in [7, 11) is 1.95. The number of rotatable bonds is 7. The molecule has 3 rings (SSSR count). The topological polar surface area (TPSA) is 31.2 Å². The van der Waals surface area contributed by atoms with E-state index >= 15 is 0 Å². The van der Waals surface area contributed by atoms with Gasteiger partial charge in [0.25, 0.3) is 0 Å². The van der Waals surface area contributed by atoms with Gasteiger partial charge in [-0.3, -0.25) is 4.79 Å². The van der Waals surface area contributed by atoms with Crippen molar-refractivity contribution in [3.63, 3.8) is 0 Å². The number of benzene rings is 2. The second-order valence-corrected chi connectivity index (χ2v) is 5.71. The Balaban J connectivity index is 1.50. The van der Waals surface area contributed by atoms with Gasteiger partial charge in [-0.15, -0.1) is 0 Å². The molecule has 118 valence electrons. The standard InChI is InChI=1S/C20H21NO2/c1-21-18-11-6-5-10-17(18)14-19(21)20(22)12-7-13-23-15-16-8-3-2-4-9-16/h2-6,8-11,14H,7,12-13,15H2,1H3. The zero-order chi connectivity index (χ0) is 16.1. The first kappa shape index (κ1) is 15.5. The van der Waals surface area contributed by atoms with Gasteiger partial charge in [-0.2, -0.15) is 0 Å². The van der Waals surface area contributed by atoms with Crippen molar-refractivity contribution in [1.82, 2.24) is 4.57 Å². The first-order chi connectivity index (χ1) is 11.3. The second kappa shape index (κ2) is 7.25. The van der Waals surface area contributed by atoms with E-state index in [4.69, 9.17) is 4.74 Å². The number of carbonyl (C=O) groups excluding carboxylic acids is 1. The van der Waals surface area contributed by atoms with Crippen LogP contribution in [0.2, 0.25) is 0 Å². The van der Waals surface area contributed by atoms with Gasteiger partial charge in [0.1, 0.15) is 0 Å². The fourth-order valence-corrected chi connectivity index (χ4v) is 2.78. The van der Waals surface area contributed by atoms with Crippen LogP contribution >= 0.6 is 0 Å². The van der Waals surface area contributed by atoms with E-state index in [1.165, 1.54) is 0 Å². The third kappa shape index (κ3) is 3.69. The average Bonchev–Trinajstić information content (AvgIpc) is 2.93. The molecule has 0 spiro atoms. The molecular weight excluding hydrogens is 286 g/mol. The zero-order valence-electron chi connectivity index (χ0n) is 13.4. The smallest absolute Gasteiger partial charge is 0.179 e. The van der Waals surface area contributed by atoms with Gasteiger partial charge in [0.15, 0.2) is 5.78 Å². The van der Waals surface area contributed by atoms with E-state index in [1.54, 1.807) is 0 Å². The van der Waals surface area contributed by atoms with E-state index in [-0.39, 0.29) is 5.78 Å². The van der Waals surface area contributed by atoms with E-state index in [1.807, 2.05) is 72.3 Å². The number of aryl methyl sites for hydroxylation is 1. The summed E-state index contributed by atoms with van der Waals surface area (Å²) < 4.78 is 7.61. The Morgan fingerprint density at radius 3 is 2.57 bits per heavy atom. The molecule has 0 unspecified atom stereocenters. The highest BCUT2D eigenvalue weighted by atomic mass is 16.5. The van der Waals surface area contributed by atoms with Crippen LogP contribution in [0.25, 0.3) is 10.9 Å². The van der Waals surface area contributed by atoms with Crippen LogP contribution in [0.15, 0.2) is 60.7 Å². The molecule has 0 aliphatic heterocycles. The van der Waals surface area contributed by atoms with Crippen LogP contribution in [0.5, 0.6) is 0 Å². The first-order valence-electron chi connectivity index (χ1n) is 7.95. The fraction of sp³-hybridized carbons (Fsp3) is 0.250. The SMILES string of the molecule is Cn1c(C(=O)CCCOCc2ccccc2)cc2ccccc21. The minimum absolute atomic E-state index is 0.173. The molecule has 0 aliphatic rings. The van der Waals surface area contributed by atoms with Gasteiger partial charge in [-0.05, 0) is 24.1 Å². The summed E-state index contributed by atoms with van der Waals surface area (Å²) in [6, 6.07) is 20.1. The minimum Gasteiger partial charge on any atom is -0.377 e.